The SMILES string of the molecule is C=C1c2ccccc2C(=O)N1CC(=O)OCc1c(C(=O)OCC)oc2ccc(Br)cc12. The maximum absolute atomic E-state index is 12.6. The average Bonchev–Trinajstić information content (AvgIpc) is 3.23. The number of hydrogen-bond donors (Lipinski definition) is 0. The summed E-state index contributed by atoms with van der Waals surface area (Å²) in [6, 6.07) is 12.3. The lowest BCUT2D eigenvalue weighted by Gasteiger charge is -2.16. The van der Waals surface area contributed by atoms with Crippen molar-refractivity contribution in [3.8, 4) is 0 Å². The maximum Gasteiger partial charge on any atom is 0.374 e. The van der Waals surface area contributed by atoms with Gasteiger partial charge in [-0.05, 0) is 31.2 Å². The molecule has 158 valence electrons. The van der Waals surface area contributed by atoms with E-state index in [-0.39, 0.29) is 31.4 Å². The first kappa shape index (κ1) is 20.9. The predicted octanol–water partition coefficient (Wildman–Crippen LogP) is 4.54. The molecule has 2 aromatic carbocycles. The average molecular weight is 484 g/mol. The monoisotopic (exact) mass is 483 g/mol. The van der Waals surface area contributed by atoms with Crippen LogP contribution in [0.2, 0.25) is 0 Å². The Kier molecular flexibility index (Phi) is 5.65. The molecular weight excluding hydrogens is 466 g/mol. The van der Waals surface area contributed by atoms with Crippen LogP contribution < -0.4 is 0 Å². The second-order valence-corrected chi connectivity index (χ2v) is 7.73. The van der Waals surface area contributed by atoms with E-state index in [1.54, 1.807) is 49.4 Å². The number of hydrogen-bond acceptors (Lipinski definition) is 6. The fraction of sp³-hybridized carbons (Fsp3) is 0.174. The van der Waals surface area contributed by atoms with E-state index in [0.717, 1.165) is 4.47 Å². The van der Waals surface area contributed by atoms with Gasteiger partial charge in [-0.1, -0.05) is 40.7 Å². The van der Waals surface area contributed by atoms with Crippen LogP contribution in [-0.2, 0) is 20.9 Å². The Balaban J connectivity index is 1.53. The number of benzene rings is 2. The van der Waals surface area contributed by atoms with Crippen molar-refractivity contribution in [1.29, 1.82) is 0 Å². The van der Waals surface area contributed by atoms with Crippen molar-refractivity contribution in [3.05, 3.63) is 76.0 Å². The minimum Gasteiger partial charge on any atom is -0.460 e. The fourth-order valence-electron chi connectivity index (χ4n) is 3.45. The first-order chi connectivity index (χ1) is 14.9. The molecule has 0 unspecified atom stereocenters. The minimum atomic E-state index is -0.639. The summed E-state index contributed by atoms with van der Waals surface area (Å²) in [7, 11) is 0. The van der Waals surface area contributed by atoms with E-state index >= 15 is 0 Å². The van der Waals surface area contributed by atoms with E-state index in [9.17, 15) is 14.4 Å². The highest BCUT2D eigenvalue weighted by molar-refractivity contribution is 9.10. The number of nitrogens with zero attached hydrogens (tertiary/aromatic N) is 1. The molecule has 3 aromatic rings. The van der Waals surface area contributed by atoms with Gasteiger partial charge >= 0.3 is 11.9 Å². The number of halogens is 1. The van der Waals surface area contributed by atoms with E-state index in [1.807, 2.05) is 0 Å². The third kappa shape index (κ3) is 3.86. The van der Waals surface area contributed by atoms with Crippen LogP contribution in [0.3, 0.4) is 0 Å². The molecule has 0 fully saturated rings. The van der Waals surface area contributed by atoms with Crippen LogP contribution in [0.25, 0.3) is 16.7 Å². The van der Waals surface area contributed by atoms with Crippen LogP contribution in [0.1, 0.15) is 39.0 Å². The van der Waals surface area contributed by atoms with E-state index < -0.39 is 11.9 Å². The van der Waals surface area contributed by atoms with Crippen LogP contribution in [0, 0.1) is 0 Å². The van der Waals surface area contributed by atoms with Crippen molar-refractivity contribution >= 4 is 50.4 Å². The molecule has 0 radical (unpaired) electrons. The summed E-state index contributed by atoms with van der Waals surface area (Å²) in [6.07, 6.45) is 0. The number of carbonyl (C=O) groups is 3. The summed E-state index contributed by atoms with van der Waals surface area (Å²) < 4.78 is 16.9. The molecule has 8 heteroatoms. The number of furan rings is 1. The normalized spacial score (nSPS) is 12.9. The van der Waals surface area contributed by atoms with Gasteiger partial charge in [0.15, 0.2) is 0 Å². The standard InChI is InChI=1S/C23H18BrNO6/c1-3-29-23(28)21-18(17-10-14(24)8-9-19(17)31-21)12-30-20(26)11-25-13(2)15-6-4-5-7-16(15)22(25)27/h4-10H,2-3,11-12H2,1H3. The highest BCUT2D eigenvalue weighted by Gasteiger charge is 2.32. The largest absolute Gasteiger partial charge is 0.460 e. The molecule has 1 aliphatic rings. The van der Waals surface area contributed by atoms with Crippen molar-refractivity contribution in [2.24, 2.45) is 0 Å². The first-order valence-electron chi connectivity index (χ1n) is 9.54. The van der Waals surface area contributed by atoms with Crippen molar-refractivity contribution in [2.75, 3.05) is 13.2 Å². The Hall–Kier alpha value is -3.39. The van der Waals surface area contributed by atoms with E-state index in [0.29, 0.717) is 33.4 Å². The van der Waals surface area contributed by atoms with Gasteiger partial charge in [-0.15, -0.1) is 0 Å². The lowest BCUT2D eigenvalue weighted by molar-refractivity contribution is -0.145. The molecule has 0 saturated carbocycles. The number of carbonyl (C=O) groups excluding carboxylic acids is 3. The smallest absolute Gasteiger partial charge is 0.374 e. The zero-order valence-corrected chi connectivity index (χ0v) is 18.2. The van der Waals surface area contributed by atoms with Crippen molar-refractivity contribution in [2.45, 2.75) is 13.5 Å². The maximum atomic E-state index is 12.6. The Morgan fingerprint density at radius 2 is 1.87 bits per heavy atom. The molecule has 0 saturated heterocycles. The Morgan fingerprint density at radius 1 is 1.13 bits per heavy atom. The van der Waals surface area contributed by atoms with Crippen LogP contribution >= 0.6 is 15.9 Å². The predicted molar refractivity (Wildman–Crippen MR) is 116 cm³/mol. The molecule has 0 bridgehead atoms. The van der Waals surface area contributed by atoms with Gasteiger partial charge in [0.1, 0.15) is 18.7 Å². The van der Waals surface area contributed by atoms with E-state index in [1.165, 1.54) is 4.90 Å². The Labute approximate surface area is 186 Å². The highest BCUT2D eigenvalue weighted by Crippen LogP contribution is 2.32. The van der Waals surface area contributed by atoms with Crippen molar-refractivity contribution < 1.29 is 28.3 Å². The van der Waals surface area contributed by atoms with Gasteiger partial charge in [-0.3, -0.25) is 14.5 Å². The zero-order valence-electron chi connectivity index (χ0n) is 16.6. The lowest BCUT2D eigenvalue weighted by atomic mass is 10.1. The molecule has 31 heavy (non-hydrogen) atoms. The molecule has 0 atom stereocenters. The third-order valence-electron chi connectivity index (χ3n) is 4.92. The van der Waals surface area contributed by atoms with Crippen LogP contribution in [0.5, 0.6) is 0 Å². The topological polar surface area (TPSA) is 86.0 Å². The molecule has 1 aliphatic heterocycles. The number of esters is 2. The van der Waals surface area contributed by atoms with Gasteiger partial charge in [0, 0.05) is 26.7 Å². The third-order valence-corrected chi connectivity index (χ3v) is 5.41. The second kappa shape index (κ2) is 8.39. The quantitative estimate of drug-likeness (QED) is 0.478. The molecule has 2 heterocycles. The van der Waals surface area contributed by atoms with E-state index in [4.69, 9.17) is 13.9 Å². The van der Waals surface area contributed by atoms with Crippen LogP contribution in [0.4, 0.5) is 0 Å². The second-order valence-electron chi connectivity index (χ2n) is 6.81. The van der Waals surface area contributed by atoms with Gasteiger partial charge < -0.3 is 13.9 Å². The molecule has 1 amide bonds. The van der Waals surface area contributed by atoms with Gasteiger partial charge in [0.2, 0.25) is 5.76 Å². The van der Waals surface area contributed by atoms with Crippen molar-refractivity contribution in [3.63, 3.8) is 0 Å². The molecule has 4 rings (SSSR count). The van der Waals surface area contributed by atoms with Crippen molar-refractivity contribution in [1.82, 2.24) is 4.90 Å². The molecule has 1 aromatic heterocycles. The zero-order chi connectivity index (χ0) is 22.1. The summed E-state index contributed by atoms with van der Waals surface area (Å²) in [4.78, 5) is 38.7. The summed E-state index contributed by atoms with van der Waals surface area (Å²) in [5.74, 6) is -1.60. The lowest BCUT2D eigenvalue weighted by Crippen LogP contribution is -2.30. The molecule has 0 N–H and O–H groups in total. The molecular formula is C23H18BrNO6. The molecule has 0 spiro atoms. The van der Waals surface area contributed by atoms with Gasteiger partial charge in [0.25, 0.3) is 5.91 Å². The van der Waals surface area contributed by atoms with Gasteiger partial charge in [-0.2, -0.15) is 0 Å². The fourth-order valence-corrected chi connectivity index (χ4v) is 3.82. The Bertz CT molecular complexity index is 1190. The van der Waals surface area contributed by atoms with Gasteiger partial charge in [-0.25, -0.2) is 4.79 Å². The molecule has 0 aliphatic carbocycles. The number of rotatable bonds is 6. The summed E-state index contributed by atoms with van der Waals surface area (Å²) >= 11 is 3.39. The molecule has 7 nitrogen and oxygen atoms in total. The van der Waals surface area contributed by atoms with Crippen LogP contribution in [0.15, 0.2) is 57.9 Å². The van der Waals surface area contributed by atoms with Gasteiger partial charge in [0.05, 0.1) is 12.2 Å². The Morgan fingerprint density at radius 3 is 2.58 bits per heavy atom. The summed E-state index contributed by atoms with van der Waals surface area (Å²) in [6.45, 7) is 5.28. The number of amides is 1. The van der Waals surface area contributed by atoms with E-state index in [2.05, 4.69) is 22.5 Å². The highest BCUT2D eigenvalue weighted by atomic mass is 79.9. The summed E-state index contributed by atoms with van der Waals surface area (Å²) in [5.41, 5.74) is 2.50. The summed E-state index contributed by atoms with van der Waals surface area (Å²) in [5, 5.41) is 0.624. The number of ether oxygens (including phenoxy) is 2. The minimum absolute atomic E-state index is 0.0168. The van der Waals surface area contributed by atoms with Crippen LogP contribution in [-0.4, -0.2) is 35.9 Å². The first-order valence-corrected chi connectivity index (χ1v) is 10.3. The number of fused-ring (bicyclic) bond motifs is 2.